The molecule has 0 bridgehead atoms. The Labute approximate surface area is 344 Å². The molecule has 0 saturated heterocycles. The average molecular weight is 748 g/mol. The molecule has 7 aromatic rings. The van der Waals surface area contributed by atoms with E-state index in [1.165, 1.54) is 106 Å². The van der Waals surface area contributed by atoms with Gasteiger partial charge in [-0.1, -0.05) is 168 Å². The predicted octanol–water partition coefficient (Wildman–Crippen LogP) is 15.2. The van der Waals surface area contributed by atoms with Gasteiger partial charge in [-0.2, -0.15) is 0 Å². The van der Waals surface area contributed by atoms with E-state index >= 15 is 0 Å². The Bertz CT molecular complexity index is 2870. The van der Waals surface area contributed by atoms with E-state index in [0.29, 0.717) is 0 Å². The van der Waals surface area contributed by atoms with E-state index in [-0.39, 0.29) is 10.8 Å². The van der Waals surface area contributed by atoms with Crippen LogP contribution in [-0.2, 0) is 16.2 Å². The van der Waals surface area contributed by atoms with Crippen LogP contribution in [0.2, 0.25) is 0 Å². The third-order valence-corrected chi connectivity index (χ3v) is 14.2. The summed E-state index contributed by atoms with van der Waals surface area (Å²) in [5.41, 5.74) is 24.7. The third kappa shape index (κ3) is 4.48. The summed E-state index contributed by atoms with van der Waals surface area (Å²) in [5.74, 6) is 0. The normalized spacial score (nSPS) is 17.8. The highest BCUT2D eigenvalue weighted by Crippen LogP contribution is 2.63. The van der Waals surface area contributed by atoms with Gasteiger partial charge in [-0.15, -0.1) is 0 Å². The van der Waals surface area contributed by atoms with Gasteiger partial charge in [0.2, 0.25) is 0 Å². The number of anilines is 3. The quantitative estimate of drug-likeness (QED) is 0.169. The van der Waals surface area contributed by atoms with Crippen molar-refractivity contribution < 1.29 is 0 Å². The molecule has 1 nitrogen and oxygen atoms in total. The first-order valence-electron chi connectivity index (χ1n) is 21.2. The number of rotatable bonds is 5. The van der Waals surface area contributed by atoms with Crippen LogP contribution < -0.4 is 4.90 Å². The van der Waals surface area contributed by atoms with E-state index in [2.05, 4.69) is 210 Å². The van der Waals surface area contributed by atoms with Gasteiger partial charge < -0.3 is 4.90 Å². The van der Waals surface area contributed by atoms with Crippen LogP contribution in [0.4, 0.5) is 17.1 Å². The van der Waals surface area contributed by atoms with Crippen molar-refractivity contribution in [1.82, 2.24) is 0 Å². The molecular weight excluding hydrogens is 699 g/mol. The second-order valence-corrected chi connectivity index (χ2v) is 17.8. The van der Waals surface area contributed by atoms with E-state index in [9.17, 15) is 0 Å². The van der Waals surface area contributed by atoms with E-state index in [1.807, 2.05) is 0 Å². The molecule has 0 heterocycles. The molecule has 58 heavy (non-hydrogen) atoms. The Morgan fingerprint density at radius 3 is 1.33 bits per heavy atom. The number of fused-ring (bicyclic) bond motifs is 14. The van der Waals surface area contributed by atoms with Crippen LogP contribution in [0.3, 0.4) is 0 Å². The van der Waals surface area contributed by atoms with Crippen LogP contribution >= 0.6 is 0 Å². The van der Waals surface area contributed by atoms with Crippen LogP contribution in [0.1, 0.15) is 98.9 Å². The zero-order valence-electron chi connectivity index (χ0n) is 34.4. The Kier molecular flexibility index (Phi) is 7.49. The molecule has 4 aliphatic rings. The van der Waals surface area contributed by atoms with Crippen molar-refractivity contribution in [2.75, 3.05) is 4.90 Å². The Hall–Kier alpha value is -6.18. The summed E-state index contributed by atoms with van der Waals surface area (Å²) in [6.07, 6.45) is 7.04. The minimum atomic E-state index is -0.415. The maximum atomic E-state index is 2.54. The summed E-state index contributed by atoms with van der Waals surface area (Å²) in [4.78, 5) is 2.54. The van der Waals surface area contributed by atoms with Gasteiger partial charge in [0.25, 0.3) is 0 Å². The average Bonchev–Trinajstić information content (AvgIpc) is 3.87. The van der Waals surface area contributed by atoms with Crippen molar-refractivity contribution in [1.29, 1.82) is 0 Å². The lowest BCUT2D eigenvalue weighted by molar-refractivity contribution is 0.656. The summed E-state index contributed by atoms with van der Waals surface area (Å²) in [7, 11) is 0. The van der Waals surface area contributed by atoms with E-state index < -0.39 is 5.41 Å². The maximum Gasteiger partial charge on any atom is 0.0726 e. The topological polar surface area (TPSA) is 3.24 Å². The molecule has 1 spiro atoms. The van der Waals surface area contributed by atoms with Gasteiger partial charge in [-0.25, -0.2) is 0 Å². The summed E-state index contributed by atoms with van der Waals surface area (Å²) in [6.45, 7) is 14.1. The highest BCUT2D eigenvalue weighted by Gasteiger charge is 2.52. The fourth-order valence-electron chi connectivity index (χ4n) is 11.5. The lowest BCUT2D eigenvalue weighted by Crippen LogP contribution is -2.26. The van der Waals surface area contributed by atoms with E-state index in [1.54, 1.807) is 0 Å². The molecule has 0 amide bonds. The van der Waals surface area contributed by atoms with E-state index in [0.717, 1.165) is 12.8 Å². The molecule has 0 saturated carbocycles. The highest BCUT2D eigenvalue weighted by molar-refractivity contribution is 5.97. The first kappa shape index (κ1) is 35.0. The number of benzene rings is 7. The number of hydrogen-bond acceptors (Lipinski definition) is 1. The van der Waals surface area contributed by atoms with Gasteiger partial charge in [0.15, 0.2) is 0 Å². The second-order valence-electron chi connectivity index (χ2n) is 17.8. The first-order chi connectivity index (χ1) is 28.2. The Balaban J connectivity index is 1.17. The fourth-order valence-corrected chi connectivity index (χ4v) is 11.5. The van der Waals surface area contributed by atoms with Crippen molar-refractivity contribution in [3.63, 3.8) is 0 Å². The van der Waals surface area contributed by atoms with Gasteiger partial charge in [-0.3, -0.25) is 0 Å². The Morgan fingerprint density at radius 1 is 0.431 bits per heavy atom. The molecule has 0 atom stereocenters. The smallest absolute Gasteiger partial charge is 0.0726 e. The van der Waals surface area contributed by atoms with Crippen molar-refractivity contribution in [2.24, 2.45) is 0 Å². The van der Waals surface area contributed by atoms with Crippen LogP contribution in [0.25, 0.3) is 39.0 Å². The number of nitrogens with zero attached hydrogens (tertiary/aromatic N) is 1. The van der Waals surface area contributed by atoms with Gasteiger partial charge >= 0.3 is 0 Å². The molecule has 7 aromatic carbocycles. The molecule has 0 N–H and O–H groups in total. The molecule has 4 aliphatic carbocycles. The Morgan fingerprint density at radius 2 is 0.828 bits per heavy atom. The van der Waals surface area contributed by atoms with Crippen molar-refractivity contribution in [3.8, 4) is 33.4 Å². The lowest BCUT2D eigenvalue weighted by Gasteiger charge is -2.33. The van der Waals surface area contributed by atoms with Crippen molar-refractivity contribution >= 4 is 22.6 Å². The largest absolute Gasteiger partial charge is 0.310 e. The molecular formula is C57H49N. The number of hydrogen-bond donors (Lipinski definition) is 0. The molecule has 0 aromatic heterocycles. The molecule has 0 radical (unpaired) electrons. The SMILES string of the molecule is C/C=C1\C(=C/CCC)C(C)(C)c2cc(N(c3ccc4c(c3)C(C)(C)c3ccccc3-4)c3ccc4c(c3)C3(c5ccccc5-c5ccccc53)c3ccccc3-4)ccc21. The maximum absolute atomic E-state index is 2.54. The summed E-state index contributed by atoms with van der Waals surface area (Å²) in [5, 5.41) is 0. The first-order valence-corrected chi connectivity index (χ1v) is 21.2. The number of unbranched alkanes of at least 4 members (excludes halogenated alkanes) is 1. The van der Waals surface area contributed by atoms with Crippen LogP contribution in [-0.4, -0.2) is 0 Å². The minimum Gasteiger partial charge on any atom is -0.310 e. The van der Waals surface area contributed by atoms with Gasteiger partial charge in [-0.05, 0) is 139 Å². The zero-order chi connectivity index (χ0) is 39.6. The standard InChI is InChI=1S/C57H49N/c1-7-9-22-47-39(8-2)44-30-27-36(33-52(44)55(47,3)4)58(37-28-31-45-40-18-10-14-23-48(40)56(5,6)53(45)34-37)38-29-32-46-43-21-13-17-26-51(43)57(54(46)35-38)49-24-15-11-19-41(49)42-20-12-16-25-50(42)57/h8,10-35H,7,9H2,1-6H3/b39-8-,47-22+. The molecule has 11 rings (SSSR count). The van der Waals surface area contributed by atoms with Crippen molar-refractivity contribution in [2.45, 2.75) is 70.6 Å². The van der Waals surface area contributed by atoms with Crippen LogP contribution in [0.15, 0.2) is 169 Å². The number of allylic oxidation sites excluding steroid dienone is 4. The van der Waals surface area contributed by atoms with Crippen LogP contribution in [0.5, 0.6) is 0 Å². The monoisotopic (exact) mass is 747 g/mol. The second kappa shape index (κ2) is 12.4. The van der Waals surface area contributed by atoms with Crippen molar-refractivity contribution in [3.05, 3.63) is 214 Å². The van der Waals surface area contributed by atoms with Gasteiger partial charge in [0.1, 0.15) is 0 Å². The molecule has 1 heteroatoms. The van der Waals surface area contributed by atoms with Gasteiger partial charge in [0, 0.05) is 27.9 Å². The fraction of sp³-hybridized carbons (Fsp3) is 0.193. The van der Waals surface area contributed by atoms with E-state index in [4.69, 9.17) is 0 Å². The zero-order valence-corrected chi connectivity index (χ0v) is 34.4. The molecule has 0 fully saturated rings. The third-order valence-electron chi connectivity index (χ3n) is 14.2. The van der Waals surface area contributed by atoms with Gasteiger partial charge in [0.05, 0.1) is 5.41 Å². The van der Waals surface area contributed by atoms with Crippen LogP contribution in [0, 0.1) is 0 Å². The lowest BCUT2D eigenvalue weighted by atomic mass is 9.70. The summed E-state index contributed by atoms with van der Waals surface area (Å²) >= 11 is 0. The summed E-state index contributed by atoms with van der Waals surface area (Å²) < 4.78 is 0. The summed E-state index contributed by atoms with van der Waals surface area (Å²) in [6, 6.07) is 58.1. The highest BCUT2D eigenvalue weighted by atomic mass is 15.1. The minimum absolute atomic E-state index is 0.115. The predicted molar refractivity (Wildman–Crippen MR) is 245 cm³/mol. The molecule has 282 valence electrons. The molecule has 0 aliphatic heterocycles. The molecule has 0 unspecified atom stereocenters.